The number of aryl methyl sites for hydroxylation is 1. The molecule has 1 amide bonds. The van der Waals surface area contributed by atoms with Crippen molar-refractivity contribution in [3.8, 4) is 11.6 Å². The molecular weight excluding hydrogens is 372 g/mol. The Kier molecular flexibility index (Phi) is 5.28. The van der Waals surface area contributed by atoms with Crippen LogP contribution in [0, 0.1) is 6.92 Å². The molecule has 3 aromatic heterocycles. The molecule has 0 atom stereocenters. The van der Waals surface area contributed by atoms with Gasteiger partial charge in [0.05, 0.1) is 0 Å². The molecule has 0 aliphatic rings. The van der Waals surface area contributed by atoms with Crippen molar-refractivity contribution in [3.05, 3.63) is 84.2 Å². The van der Waals surface area contributed by atoms with Gasteiger partial charge in [-0.2, -0.15) is 4.98 Å². The Balaban J connectivity index is 1.29. The Labute approximate surface area is 166 Å². The average Bonchev–Trinajstić information content (AvgIpc) is 3.43. The lowest BCUT2D eigenvalue weighted by molar-refractivity contribution is 0.0951. The molecule has 0 fully saturated rings. The second-order valence-corrected chi connectivity index (χ2v) is 6.22. The fourth-order valence-electron chi connectivity index (χ4n) is 2.60. The van der Waals surface area contributed by atoms with Crippen molar-refractivity contribution < 1.29 is 14.1 Å². The Morgan fingerprint density at radius 1 is 1.21 bits per heavy atom. The predicted molar refractivity (Wildman–Crippen MR) is 102 cm³/mol. The molecule has 9 nitrogen and oxygen atoms in total. The summed E-state index contributed by atoms with van der Waals surface area (Å²) in [5.74, 6) is 2.16. The summed E-state index contributed by atoms with van der Waals surface area (Å²) in [5, 5.41) is 6.64. The second kappa shape index (κ2) is 8.34. The number of nitrogens with zero attached hydrogens (tertiary/aromatic N) is 5. The van der Waals surface area contributed by atoms with Crippen molar-refractivity contribution in [1.82, 2.24) is 30.0 Å². The van der Waals surface area contributed by atoms with Crippen molar-refractivity contribution in [2.75, 3.05) is 0 Å². The maximum Gasteiger partial charge on any atom is 0.251 e. The van der Waals surface area contributed by atoms with Crippen LogP contribution in [0.25, 0.3) is 5.82 Å². The topological polar surface area (TPSA) is 108 Å². The highest BCUT2D eigenvalue weighted by atomic mass is 16.5. The Hall–Kier alpha value is -4.01. The normalized spacial score (nSPS) is 10.7. The number of benzene rings is 1. The summed E-state index contributed by atoms with van der Waals surface area (Å²) in [7, 11) is 0. The molecule has 4 aromatic rings. The Bertz CT molecular complexity index is 1070. The number of ether oxygens (including phenoxy) is 1. The molecule has 0 aliphatic carbocycles. The van der Waals surface area contributed by atoms with E-state index in [1.807, 2.05) is 22.9 Å². The molecule has 0 saturated heterocycles. The summed E-state index contributed by atoms with van der Waals surface area (Å²) in [4.78, 5) is 24.8. The number of carbonyl (C=O) groups excluding carboxylic acids is 1. The summed E-state index contributed by atoms with van der Waals surface area (Å²) in [6.45, 7) is 2.30. The standard InChI is InChI=1S/C20H18N6O3/c1-14-24-18(25-29-14)12-28-17-5-3-16(4-6-17)20(27)23-11-15-2-7-19(22-10-15)26-9-8-21-13-26/h2-10,13H,11-12H2,1H3,(H,23,27). The molecule has 0 aliphatic heterocycles. The first kappa shape index (κ1) is 18.4. The smallest absolute Gasteiger partial charge is 0.251 e. The number of pyridine rings is 1. The third-order valence-corrected chi connectivity index (χ3v) is 4.09. The van der Waals surface area contributed by atoms with Crippen LogP contribution in [0.3, 0.4) is 0 Å². The van der Waals surface area contributed by atoms with Gasteiger partial charge in [-0.05, 0) is 35.9 Å². The summed E-state index contributed by atoms with van der Waals surface area (Å²) in [5.41, 5.74) is 1.44. The maximum atomic E-state index is 12.3. The fourth-order valence-corrected chi connectivity index (χ4v) is 2.60. The quantitative estimate of drug-likeness (QED) is 0.516. The van der Waals surface area contributed by atoms with Crippen LogP contribution >= 0.6 is 0 Å². The van der Waals surface area contributed by atoms with Crippen LogP contribution < -0.4 is 10.1 Å². The van der Waals surface area contributed by atoms with Gasteiger partial charge in [-0.15, -0.1) is 0 Å². The van der Waals surface area contributed by atoms with E-state index < -0.39 is 0 Å². The summed E-state index contributed by atoms with van der Waals surface area (Å²) in [6.07, 6.45) is 6.92. The lowest BCUT2D eigenvalue weighted by Gasteiger charge is -2.08. The van der Waals surface area contributed by atoms with Gasteiger partial charge in [0.15, 0.2) is 6.61 Å². The van der Waals surface area contributed by atoms with Crippen molar-refractivity contribution in [2.45, 2.75) is 20.1 Å². The molecule has 1 N–H and O–H groups in total. The van der Waals surface area contributed by atoms with Crippen LogP contribution in [0.5, 0.6) is 5.75 Å². The molecule has 0 spiro atoms. The van der Waals surface area contributed by atoms with Crippen LogP contribution in [-0.4, -0.2) is 30.6 Å². The second-order valence-electron chi connectivity index (χ2n) is 6.22. The van der Waals surface area contributed by atoms with Gasteiger partial charge in [0.2, 0.25) is 11.7 Å². The van der Waals surface area contributed by atoms with E-state index in [1.165, 1.54) is 0 Å². The number of carbonyl (C=O) groups is 1. The zero-order valence-corrected chi connectivity index (χ0v) is 15.6. The third-order valence-electron chi connectivity index (χ3n) is 4.09. The fraction of sp³-hybridized carbons (Fsp3) is 0.150. The molecule has 29 heavy (non-hydrogen) atoms. The molecule has 3 heterocycles. The van der Waals surface area contributed by atoms with Gasteiger partial charge in [-0.25, -0.2) is 9.97 Å². The van der Waals surface area contributed by atoms with Crippen LogP contribution in [0.1, 0.15) is 27.6 Å². The van der Waals surface area contributed by atoms with E-state index in [1.54, 1.807) is 49.9 Å². The maximum absolute atomic E-state index is 12.3. The van der Waals surface area contributed by atoms with Gasteiger partial charge in [-0.1, -0.05) is 11.2 Å². The highest BCUT2D eigenvalue weighted by Gasteiger charge is 2.07. The van der Waals surface area contributed by atoms with E-state index in [0.29, 0.717) is 29.6 Å². The minimum absolute atomic E-state index is 0.177. The minimum Gasteiger partial charge on any atom is -0.485 e. The van der Waals surface area contributed by atoms with Crippen LogP contribution in [0.2, 0.25) is 0 Å². The molecular formula is C20H18N6O3. The minimum atomic E-state index is -0.177. The van der Waals surface area contributed by atoms with E-state index >= 15 is 0 Å². The van der Waals surface area contributed by atoms with E-state index in [4.69, 9.17) is 9.26 Å². The molecule has 146 valence electrons. The van der Waals surface area contributed by atoms with Gasteiger partial charge in [-0.3, -0.25) is 9.36 Å². The predicted octanol–water partition coefficient (Wildman–Crippen LogP) is 2.47. The first-order valence-corrected chi connectivity index (χ1v) is 8.91. The zero-order valence-electron chi connectivity index (χ0n) is 15.6. The lowest BCUT2D eigenvalue weighted by Crippen LogP contribution is -2.22. The molecule has 4 rings (SSSR count). The number of hydrogen-bond acceptors (Lipinski definition) is 7. The monoisotopic (exact) mass is 390 g/mol. The van der Waals surface area contributed by atoms with E-state index in [9.17, 15) is 4.79 Å². The molecule has 9 heteroatoms. The van der Waals surface area contributed by atoms with Gasteiger partial charge < -0.3 is 14.6 Å². The number of hydrogen-bond donors (Lipinski definition) is 1. The average molecular weight is 390 g/mol. The summed E-state index contributed by atoms with van der Waals surface area (Å²) >= 11 is 0. The number of amides is 1. The number of nitrogens with one attached hydrogen (secondary N) is 1. The largest absolute Gasteiger partial charge is 0.485 e. The van der Waals surface area contributed by atoms with E-state index in [2.05, 4.69) is 25.4 Å². The SMILES string of the molecule is Cc1nc(COc2ccc(C(=O)NCc3ccc(-n4ccnc4)nc3)cc2)no1. The summed E-state index contributed by atoms with van der Waals surface area (Å²) < 4.78 is 12.3. The van der Waals surface area contributed by atoms with Crippen LogP contribution in [0.15, 0.2) is 65.8 Å². The molecule has 0 unspecified atom stereocenters. The number of imidazole rings is 1. The van der Waals surface area contributed by atoms with Gasteiger partial charge in [0, 0.05) is 37.6 Å². The highest BCUT2D eigenvalue weighted by molar-refractivity contribution is 5.94. The third kappa shape index (κ3) is 4.64. The van der Waals surface area contributed by atoms with Gasteiger partial charge >= 0.3 is 0 Å². The Morgan fingerprint density at radius 2 is 2.07 bits per heavy atom. The first-order valence-electron chi connectivity index (χ1n) is 8.91. The van der Waals surface area contributed by atoms with Crippen LogP contribution in [-0.2, 0) is 13.2 Å². The molecule has 0 saturated carbocycles. The molecule has 1 aromatic carbocycles. The van der Waals surface area contributed by atoms with Crippen molar-refractivity contribution in [2.24, 2.45) is 0 Å². The number of rotatable bonds is 7. The van der Waals surface area contributed by atoms with Gasteiger partial charge in [0.1, 0.15) is 17.9 Å². The zero-order chi connectivity index (χ0) is 20.1. The molecule has 0 radical (unpaired) electrons. The van der Waals surface area contributed by atoms with Gasteiger partial charge in [0.25, 0.3) is 5.91 Å². The lowest BCUT2D eigenvalue weighted by atomic mass is 10.2. The van der Waals surface area contributed by atoms with Crippen molar-refractivity contribution >= 4 is 5.91 Å². The molecule has 0 bridgehead atoms. The van der Waals surface area contributed by atoms with Crippen LogP contribution in [0.4, 0.5) is 0 Å². The highest BCUT2D eigenvalue weighted by Crippen LogP contribution is 2.14. The van der Waals surface area contributed by atoms with Crippen molar-refractivity contribution in [1.29, 1.82) is 0 Å². The number of aromatic nitrogens is 5. The van der Waals surface area contributed by atoms with E-state index in [0.717, 1.165) is 11.4 Å². The summed E-state index contributed by atoms with van der Waals surface area (Å²) in [6, 6.07) is 10.6. The Morgan fingerprint density at radius 3 is 2.72 bits per heavy atom. The van der Waals surface area contributed by atoms with E-state index in [-0.39, 0.29) is 12.5 Å². The first-order chi connectivity index (χ1) is 14.2. The van der Waals surface area contributed by atoms with Crippen molar-refractivity contribution in [3.63, 3.8) is 0 Å².